The topological polar surface area (TPSA) is 55.0 Å². The summed E-state index contributed by atoms with van der Waals surface area (Å²) < 4.78 is 5.65. The van der Waals surface area contributed by atoms with Crippen molar-refractivity contribution in [2.45, 2.75) is 26.7 Å². The average Bonchev–Trinajstić information content (AvgIpc) is 2.31. The second-order valence-electron chi connectivity index (χ2n) is 4.49. The number of aromatic amines is 1. The third-order valence-corrected chi connectivity index (χ3v) is 2.59. The minimum absolute atomic E-state index is 0.151. The third-order valence-electron chi connectivity index (χ3n) is 2.59. The van der Waals surface area contributed by atoms with Gasteiger partial charge in [-0.15, -0.1) is 0 Å². The minimum Gasteiger partial charge on any atom is -0.438 e. The van der Waals surface area contributed by atoms with Gasteiger partial charge in [0.2, 0.25) is 5.88 Å². The zero-order valence-electron chi connectivity index (χ0n) is 10.7. The first kappa shape index (κ1) is 12.4. The van der Waals surface area contributed by atoms with Crippen LogP contribution in [0.15, 0.2) is 35.1 Å². The van der Waals surface area contributed by atoms with E-state index < -0.39 is 0 Å². The molecule has 1 aromatic heterocycles. The molecular weight excluding hydrogens is 228 g/mol. The largest absolute Gasteiger partial charge is 0.438 e. The van der Waals surface area contributed by atoms with Gasteiger partial charge in [0.15, 0.2) is 0 Å². The number of nitrogens with zero attached hydrogens (tertiary/aromatic N) is 1. The lowest BCUT2D eigenvalue weighted by Crippen LogP contribution is -2.12. The fourth-order valence-electron chi connectivity index (χ4n) is 1.56. The highest BCUT2D eigenvalue weighted by molar-refractivity contribution is 5.34. The third kappa shape index (κ3) is 2.77. The molecule has 0 spiro atoms. The second kappa shape index (κ2) is 5.04. The van der Waals surface area contributed by atoms with E-state index in [1.807, 2.05) is 45.0 Å². The number of hydrogen-bond donors (Lipinski definition) is 1. The molecule has 0 fully saturated rings. The van der Waals surface area contributed by atoms with Crippen LogP contribution >= 0.6 is 0 Å². The van der Waals surface area contributed by atoms with Gasteiger partial charge < -0.3 is 9.72 Å². The van der Waals surface area contributed by atoms with Crippen molar-refractivity contribution < 1.29 is 4.74 Å². The van der Waals surface area contributed by atoms with E-state index in [0.29, 0.717) is 17.5 Å². The van der Waals surface area contributed by atoms with Crippen molar-refractivity contribution in [1.29, 1.82) is 0 Å². The van der Waals surface area contributed by atoms with Crippen molar-refractivity contribution in [2.75, 3.05) is 0 Å². The van der Waals surface area contributed by atoms with E-state index in [-0.39, 0.29) is 11.5 Å². The molecule has 0 radical (unpaired) electrons. The van der Waals surface area contributed by atoms with Crippen LogP contribution in [0.1, 0.15) is 31.2 Å². The first-order valence-electron chi connectivity index (χ1n) is 5.91. The Labute approximate surface area is 106 Å². The van der Waals surface area contributed by atoms with Crippen LogP contribution in [0, 0.1) is 6.92 Å². The number of aryl methyl sites for hydroxylation is 1. The van der Waals surface area contributed by atoms with E-state index in [4.69, 9.17) is 4.74 Å². The lowest BCUT2D eigenvalue weighted by molar-refractivity contribution is 0.452. The number of hydrogen-bond acceptors (Lipinski definition) is 3. The summed E-state index contributed by atoms with van der Waals surface area (Å²) in [5, 5.41) is 0. The van der Waals surface area contributed by atoms with Crippen LogP contribution in [-0.4, -0.2) is 9.97 Å². The molecule has 0 amide bonds. The van der Waals surface area contributed by atoms with Gasteiger partial charge in [-0.2, -0.15) is 4.98 Å². The van der Waals surface area contributed by atoms with Crippen molar-refractivity contribution in [3.8, 4) is 11.6 Å². The van der Waals surface area contributed by atoms with Crippen molar-refractivity contribution >= 4 is 0 Å². The Balaban J connectivity index is 2.35. The van der Waals surface area contributed by atoms with Gasteiger partial charge in [-0.1, -0.05) is 32.0 Å². The van der Waals surface area contributed by atoms with E-state index in [2.05, 4.69) is 9.97 Å². The lowest BCUT2D eigenvalue weighted by atomic mass is 10.2. The Hall–Kier alpha value is -2.10. The maximum Gasteiger partial charge on any atom is 0.254 e. The summed E-state index contributed by atoms with van der Waals surface area (Å²) in [7, 11) is 0. The fraction of sp³-hybridized carbons (Fsp3) is 0.286. The standard InChI is InChI=1S/C14H16N2O2/c1-9(2)14-15-12(17)8-13(16-14)18-11-7-5-4-6-10(11)3/h4-9H,1-3H3,(H,15,16,17). The molecule has 18 heavy (non-hydrogen) atoms. The number of para-hydroxylation sites is 1. The Kier molecular flexibility index (Phi) is 3.46. The lowest BCUT2D eigenvalue weighted by Gasteiger charge is -2.09. The Morgan fingerprint density at radius 3 is 2.67 bits per heavy atom. The van der Waals surface area contributed by atoms with Gasteiger partial charge in [0.05, 0.1) is 6.07 Å². The number of benzene rings is 1. The molecule has 0 saturated heterocycles. The summed E-state index contributed by atoms with van der Waals surface area (Å²) in [4.78, 5) is 18.5. The summed E-state index contributed by atoms with van der Waals surface area (Å²) in [6, 6.07) is 8.99. The monoisotopic (exact) mass is 244 g/mol. The number of ether oxygens (including phenoxy) is 1. The summed E-state index contributed by atoms with van der Waals surface area (Å²) >= 11 is 0. The Bertz CT molecular complexity index is 603. The van der Waals surface area contributed by atoms with Gasteiger partial charge >= 0.3 is 0 Å². The number of aromatic nitrogens is 2. The van der Waals surface area contributed by atoms with Crippen molar-refractivity contribution in [2.24, 2.45) is 0 Å². The molecule has 1 aromatic carbocycles. The van der Waals surface area contributed by atoms with Gasteiger partial charge in [-0.25, -0.2) is 0 Å². The molecular formula is C14H16N2O2. The Morgan fingerprint density at radius 2 is 2.00 bits per heavy atom. The van der Waals surface area contributed by atoms with E-state index in [1.54, 1.807) is 0 Å². The summed E-state index contributed by atoms with van der Waals surface area (Å²) in [6.07, 6.45) is 0. The van der Waals surface area contributed by atoms with Crippen LogP contribution in [-0.2, 0) is 0 Å². The smallest absolute Gasteiger partial charge is 0.254 e. The molecule has 0 unspecified atom stereocenters. The molecule has 1 N–H and O–H groups in total. The van der Waals surface area contributed by atoms with E-state index in [1.165, 1.54) is 6.07 Å². The van der Waals surface area contributed by atoms with Crippen molar-refractivity contribution in [3.63, 3.8) is 0 Å². The first-order valence-corrected chi connectivity index (χ1v) is 5.91. The van der Waals surface area contributed by atoms with Crippen LogP contribution in [0.4, 0.5) is 0 Å². The SMILES string of the molecule is Cc1ccccc1Oc1cc(=O)[nH]c(C(C)C)n1. The van der Waals surface area contributed by atoms with E-state index >= 15 is 0 Å². The van der Waals surface area contributed by atoms with Crippen LogP contribution in [0.2, 0.25) is 0 Å². The van der Waals surface area contributed by atoms with Crippen molar-refractivity contribution in [1.82, 2.24) is 9.97 Å². The zero-order chi connectivity index (χ0) is 13.1. The van der Waals surface area contributed by atoms with Crippen LogP contribution < -0.4 is 10.3 Å². The maximum atomic E-state index is 11.5. The molecule has 0 aliphatic heterocycles. The summed E-state index contributed by atoms with van der Waals surface area (Å²) in [5.74, 6) is 1.83. The molecule has 0 aliphatic carbocycles. The molecule has 0 aliphatic rings. The first-order chi connectivity index (χ1) is 8.56. The molecule has 94 valence electrons. The molecule has 0 atom stereocenters. The predicted octanol–water partition coefficient (Wildman–Crippen LogP) is 2.99. The molecule has 2 rings (SSSR count). The van der Waals surface area contributed by atoms with E-state index in [0.717, 1.165) is 5.56 Å². The fourth-order valence-corrected chi connectivity index (χ4v) is 1.56. The molecule has 2 aromatic rings. The summed E-state index contributed by atoms with van der Waals surface area (Å²) in [5.41, 5.74) is 0.808. The molecule has 4 nitrogen and oxygen atoms in total. The number of rotatable bonds is 3. The van der Waals surface area contributed by atoms with Gasteiger partial charge in [-0.3, -0.25) is 4.79 Å². The Morgan fingerprint density at radius 1 is 1.28 bits per heavy atom. The van der Waals surface area contributed by atoms with Gasteiger partial charge in [0.1, 0.15) is 11.6 Å². The van der Waals surface area contributed by atoms with Crippen LogP contribution in [0.3, 0.4) is 0 Å². The average molecular weight is 244 g/mol. The number of H-pyrrole nitrogens is 1. The van der Waals surface area contributed by atoms with E-state index in [9.17, 15) is 4.79 Å². The highest BCUT2D eigenvalue weighted by atomic mass is 16.5. The van der Waals surface area contributed by atoms with Gasteiger partial charge in [0.25, 0.3) is 5.56 Å². The number of nitrogens with one attached hydrogen (secondary N) is 1. The summed E-state index contributed by atoms with van der Waals surface area (Å²) in [6.45, 7) is 5.89. The molecule has 4 heteroatoms. The highest BCUT2D eigenvalue weighted by Crippen LogP contribution is 2.22. The normalized spacial score (nSPS) is 10.7. The molecule has 0 saturated carbocycles. The van der Waals surface area contributed by atoms with Crippen LogP contribution in [0.25, 0.3) is 0 Å². The quantitative estimate of drug-likeness (QED) is 0.903. The maximum absolute atomic E-state index is 11.5. The predicted molar refractivity (Wildman–Crippen MR) is 70.2 cm³/mol. The molecule has 0 bridgehead atoms. The van der Waals surface area contributed by atoms with Gasteiger partial charge in [-0.05, 0) is 18.6 Å². The molecule has 1 heterocycles. The zero-order valence-corrected chi connectivity index (χ0v) is 10.7. The highest BCUT2D eigenvalue weighted by Gasteiger charge is 2.07. The minimum atomic E-state index is -0.197. The van der Waals surface area contributed by atoms with Crippen molar-refractivity contribution in [3.05, 3.63) is 52.1 Å². The second-order valence-corrected chi connectivity index (χ2v) is 4.49. The van der Waals surface area contributed by atoms with Crippen LogP contribution in [0.5, 0.6) is 11.6 Å². The van der Waals surface area contributed by atoms with Gasteiger partial charge in [0, 0.05) is 5.92 Å².